The minimum absolute atomic E-state index is 0.0600. The second kappa shape index (κ2) is 5.83. The standard InChI is InChI=1S/C13H24O4/c1-9(2)13(15,12(14)17-4)10-7-5-6-8-11(10)16-3/h9-11,15H,5-8H2,1-4H3. The monoisotopic (exact) mass is 244 g/mol. The number of esters is 1. The highest BCUT2D eigenvalue weighted by atomic mass is 16.5. The third-order valence-corrected chi connectivity index (χ3v) is 3.96. The number of carbonyl (C=O) groups excluding carboxylic acids is 1. The first-order valence-electron chi connectivity index (χ1n) is 6.32. The van der Waals surface area contributed by atoms with Crippen molar-refractivity contribution in [3.8, 4) is 0 Å². The zero-order valence-corrected chi connectivity index (χ0v) is 11.2. The minimum atomic E-state index is -1.43. The third-order valence-electron chi connectivity index (χ3n) is 3.96. The molecule has 0 aliphatic heterocycles. The van der Waals surface area contributed by atoms with Crippen molar-refractivity contribution in [1.82, 2.24) is 0 Å². The molecule has 1 rings (SSSR count). The molecule has 0 aromatic carbocycles. The zero-order valence-electron chi connectivity index (χ0n) is 11.2. The van der Waals surface area contributed by atoms with Crippen LogP contribution in [0.15, 0.2) is 0 Å². The van der Waals surface area contributed by atoms with Gasteiger partial charge in [0, 0.05) is 13.0 Å². The van der Waals surface area contributed by atoms with Gasteiger partial charge in [0.15, 0.2) is 5.60 Å². The van der Waals surface area contributed by atoms with E-state index in [1.54, 1.807) is 7.11 Å². The highest BCUT2D eigenvalue weighted by Crippen LogP contribution is 2.39. The molecular formula is C13H24O4. The van der Waals surface area contributed by atoms with Crippen molar-refractivity contribution in [2.75, 3.05) is 14.2 Å². The number of rotatable bonds is 4. The Labute approximate surface area is 103 Å². The van der Waals surface area contributed by atoms with E-state index in [1.807, 2.05) is 13.8 Å². The molecular weight excluding hydrogens is 220 g/mol. The Balaban J connectivity index is 2.99. The second-order valence-corrected chi connectivity index (χ2v) is 5.14. The summed E-state index contributed by atoms with van der Waals surface area (Å²) in [6.07, 6.45) is 3.76. The van der Waals surface area contributed by atoms with Gasteiger partial charge in [0.2, 0.25) is 0 Å². The summed E-state index contributed by atoms with van der Waals surface area (Å²) >= 11 is 0. The van der Waals surface area contributed by atoms with Crippen molar-refractivity contribution >= 4 is 5.97 Å². The average Bonchev–Trinajstić information content (AvgIpc) is 2.36. The van der Waals surface area contributed by atoms with Crippen LogP contribution >= 0.6 is 0 Å². The summed E-state index contributed by atoms with van der Waals surface area (Å²) in [5.74, 6) is -0.897. The van der Waals surface area contributed by atoms with Crippen molar-refractivity contribution in [2.45, 2.75) is 51.2 Å². The molecule has 0 amide bonds. The Morgan fingerprint density at radius 3 is 2.35 bits per heavy atom. The molecule has 1 saturated carbocycles. The largest absolute Gasteiger partial charge is 0.467 e. The number of hydrogen-bond donors (Lipinski definition) is 1. The van der Waals surface area contributed by atoms with Gasteiger partial charge in [-0.2, -0.15) is 0 Å². The summed E-state index contributed by atoms with van der Waals surface area (Å²) in [6, 6.07) is 0. The maximum Gasteiger partial charge on any atom is 0.338 e. The maximum absolute atomic E-state index is 11.9. The summed E-state index contributed by atoms with van der Waals surface area (Å²) in [4.78, 5) is 11.9. The van der Waals surface area contributed by atoms with Crippen LogP contribution in [0, 0.1) is 11.8 Å². The predicted molar refractivity (Wildman–Crippen MR) is 64.6 cm³/mol. The Kier molecular flexibility index (Phi) is 4.95. The van der Waals surface area contributed by atoms with Crippen LogP contribution in [-0.2, 0) is 14.3 Å². The molecule has 1 aliphatic rings. The van der Waals surface area contributed by atoms with E-state index in [9.17, 15) is 9.90 Å². The van der Waals surface area contributed by atoms with Gasteiger partial charge in [0.05, 0.1) is 13.2 Å². The first-order valence-corrected chi connectivity index (χ1v) is 6.32. The van der Waals surface area contributed by atoms with E-state index in [0.717, 1.165) is 25.7 Å². The van der Waals surface area contributed by atoms with E-state index in [0.29, 0.717) is 0 Å². The molecule has 1 aliphatic carbocycles. The second-order valence-electron chi connectivity index (χ2n) is 5.14. The predicted octanol–water partition coefficient (Wildman–Crippen LogP) is 1.75. The van der Waals surface area contributed by atoms with E-state index >= 15 is 0 Å². The van der Waals surface area contributed by atoms with Crippen LogP contribution in [-0.4, -0.2) is 37.0 Å². The zero-order chi connectivity index (χ0) is 13.1. The van der Waals surface area contributed by atoms with Gasteiger partial charge in [-0.05, 0) is 18.8 Å². The Bertz CT molecular complexity index is 264. The van der Waals surface area contributed by atoms with E-state index in [4.69, 9.17) is 9.47 Å². The summed E-state index contributed by atoms with van der Waals surface area (Å²) in [5, 5.41) is 10.7. The van der Waals surface area contributed by atoms with Crippen LogP contribution < -0.4 is 0 Å². The van der Waals surface area contributed by atoms with Crippen molar-refractivity contribution in [1.29, 1.82) is 0 Å². The van der Waals surface area contributed by atoms with Crippen molar-refractivity contribution in [2.24, 2.45) is 11.8 Å². The SMILES string of the molecule is COC(=O)C(O)(C(C)C)C1CCCCC1OC. The lowest BCUT2D eigenvalue weighted by Crippen LogP contribution is -2.56. The molecule has 0 heterocycles. The van der Waals surface area contributed by atoms with Crippen molar-refractivity contribution in [3.05, 3.63) is 0 Å². The first kappa shape index (κ1) is 14.5. The number of carbonyl (C=O) groups is 1. The molecule has 1 N–H and O–H groups in total. The molecule has 0 bridgehead atoms. The van der Waals surface area contributed by atoms with Gasteiger partial charge in [-0.3, -0.25) is 0 Å². The average molecular weight is 244 g/mol. The highest BCUT2D eigenvalue weighted by molar-refractivity contribution is 5.80. The Morgan fingerprint density at radius 2 is 1.88 bits per heavy atom. The summed E-state index contributed by atoms with van der Waals surface area (Å²) in [7, 11) is 2.96. The van der Waals surface area contributed by atoms with Crippen molar-refractivity contribution < 1.29 is 19.4 Å². The van der Waals surface area contributed by atoms with Gasteiger partial charge in [-0.1, -0.05) is 26.7 Å². The molecule has 3 unspecified atom stereocenters. The molecule has 0 saturated heterocycles. The fourth-order valence-corrected chi connectivity index (χ4v) is 2.86. The van der Waals surface area contributed by atoms with Gasteiger partial charge in [-0.25, -0.2) is 4.79 Å². The molecule has 4 heteroatoms. The molecule has 0 spiro atoms. The minimum Gasteiger partial charge on any atom is -0.467 e. The normalized spacial score (nSPS) is 28.8. The van der Waals surface area contributed by atoms with E-state index in [-0.39, 0.29) is 17.9 Å². The molecule has 17 heavy (non-hydrogen) atoms. The highest BCUT2D eigenvalue weighted by Gasteiger charge is 2.51. The quantitative estimate of drug-likeness (QED) is 0.765. The fourth-order valence-electron chi connectivity index (χ4n) is 2.86. The topological polar surface area (TPSA) is 55.8 Å². The molecule has 0 aromatic heterocycles. The smallest absolute Gasteiger partial charge is 0.338 e. The van der Waals surface area contributed by atoms with E-state index in [1.165, 1.54) is 7.11 Å². The molecule has 1 fully saturated rings. The van der Waals surface area contributed by atoms with Gasteiger partial charge in [0.1, 0.15) is 0 Å². The number of aliphatic hydroxyl groups is 1. The van der Waals surface area contributed by atoms with Crippen molar-refractivity contribution in [3.63, 3.8) is 0 Å². The summed E-state index contributed by atoms with van der Waals surface area (Å²) < 4.78 is 10.2. The lowest BCUT2D eigenvalue weighted by Gasteiger charge is -2.42. The van der Waals surface area contributed by atoms with E-state index < -0.39 is 11.6 Å². The Morgan fingerprint density at radius 1 is 1.29 bits per heavy atom. The van der Waals surface area contributed by atoms with Crippen LogP contribution in [0.1, 0.15) is 39.5 Å². The van der Waals surface area contributed by atoms with Crippen LogP contribution in [0.2, 0.25) is 0 Å². The summed E-state index contributed by atoms with van der Waals surface area (Å²) in [6.45, 7) is 3.69. The van der Waals surface area contributed by atoms with Crippen LogP contribution in [0.4, 0.5) is 0 Å². The Hall–Kier alpha value is -0.610. The molecule has 100 valence electrons. The van der Waals surface area contributed by atoms with E-state index in [2.05, 4.69) is 0 Å². The fraction of sp³-hybridized carbons (Fsp3) is 0.923. The molecule has 4 nitrogen and oxygen atoms in total. The molecule has 0 radical (unpaired) electrons. The van der Waals surface area contributed by atoms with Gasteiger partial charge >= 0.3 is 5.97 Å². The molecule has 3 atom stereocenters. The number of methoxy groups -OCH3 is 2. The van der Waals surface area contributed by atoms with Crippen LogP contribution in [0.25, 0.3) is 0 Å². The lowest BCUT2D eigenvalue weighted by molar-refractivity contribution is -0.187. The van der Waals surface area contributed by atoms with Gasteiger partial charge in [0.25, 0.3) is 0 Å². The van der Waals surface area contributed by atoms with Crippen LogP contribution in [0.3, 0.4) is 0 Å². The van der Waals surface area contributed by atoms with Gasteiger partial charge < -0.3 is 14.6 Å². The first-order chi connectivity index (χ1) is 7.98. The summed E-state index contributed by atoms with van der Waals surface area (Å²) in [5.41, 5.74) is -1.43. The molecule has 0 aromatic rings. The lowest BCUT2D eigenvalue weighted by atomic mass is 9.70. The van der Waals surface area contributed by atoms with Gasteiger partial charge in [-0.15, -0.1) is 0 Å². The number of ether oxygens (including phenoxy) is 2. The third kappa shape index (κ3) is 2.63. The van der Waals surface area contributed by atoms with Crippen LogP contribution in [0.5, 0.6) is 0 Å². The maximum atomic E-state index is 11.9. The number of hydrogen-bond acceptors (Lipinski definition) is 4.